The number of amides is 1. The van der Waals surface area contributed by atoms with Gasteiger partial charge < -0.3 is 44.4 Å². The molecule has 5 heterocycles. The maximum Gasteiger partial charge on any atom is 0.410 e. The lowest BCUT2D eigenvalue weighted by Gasteiger charge is -2.43. The second kappa shape index (κ2) is 18.7. The molecule has 6 rings (SSSR count). The topological polar surface area (TPSA) is 110 Å². The molecule has 3 saturated heterocycles. The first-order valence-electron chi connectivity index (χ1n) is 18.4. The number of phenols is 1. The lowest BCUT2D eigenvalue weighted by Crippen LogP contribution is -2.51. The van der Waals surface area contributed by atoms with Gasteiger partial charge in [-0.05, 0) is 105 Å². The van der Waals surface area contributed by atoms with Crippen molar-refractivity contribution in [1.29, 1.82) is 0 Å². The summed E-state index contributed by atoms with van der Waals surface area (Å²) in [6.45, 7) is 20.9. The van der Waals surface area contributed by atoms with Gasteiger partial charge in [0.05, 0.1) is 24.6 Å². The minimum absolute atomic E-state index is 0.235. The van der Waals surface area contributed by atoms with Crippen LogP contribution in [0.15, 0.2) is 30.3 Å². The molecule has 1 aromatic heterocycles. The SMILES string of the molecule is CC.CC(C)(C)OC(=O)N1CCOCC1.CN1CCC(N2CCC(N(C)CCN3CCNc4nnc(-c5ccccc5O)cc43)CC2)CC1. The molecule has 0 unspecified atom stereocenters. The van der Waals surface area contributed by atoms with Crippen LogP contribution in [0.2, 0.25) is 0 Å². The number of morpholine rings is 1. The summed E-state index contributed by atoms with van der Waals surface area (Å²) in [4.78, 5) is 23.3. The van der Waals surface area contributed by atoms with Gasteiger partial charge in [0.2, 0.25) is 0 Å². The van der Waals surface area contributed by atoms with Gasteiger partial charge in [0.1, 0.15) is 11.4 Å². The minimum atomic E-state index is -0.407. The number of para-hydroxylation sites is 1. The largest absolute Gasteiger partial charge is 0.507 e. The van der Waals surface area contributed by atoms with Crippen LogP contribution in [-0.4, -0.2) is 151 Å². The van der Waals surface area contributed by atoms with E-state index in [1.54, 1.807) is 11.0 Å². The van der Waals surface area contributed by atoms with Crippen molar-refractivity contribution in [3.8, 4) is 17.0 Å². The number of carbonyl (C=O) groups is 1. The molecule has 274 valence electrons. The zero-order valence-electron chi connectivity index (χ0n) is 31.2. The van der Waals surface area contributed by atoms with Gasteiger partial charge in [0, 0.05) is 56.9 Å². The number of piperidine rings is 2. The minimum Gasteiger partial charge on any atom is -0.507 e. The number of aromatic nitrogens is 2. The number of rotatable bonds is 6. The van der Waals surface area contributed by atoms with Gasteiger partial charge in [0.15, 0.2) is 5.82 Å². The standard InChI is InChI=1S/C26H39N7O.C9H17NO3.C2H6/c1-30-12-7-21(8-13-30)32-14-9-20(10-15-32)31(2)17-18-33-16-11-27-26-24(33)19-23(28-29-26)22-5-3-4-6-25(22)34;1-9(2,3)13-8(11)10-4-6-12-7-5-10;1-2/h3-6,19-21,34H,7-18H2,1-2H3,(H,27,29);4-7H2,1-3H3;1-2H3. The molecule has 1 aromatic carbocycles. The summed E-state index contributed by atoms with van der Waals surface area (Å²) in [7, 11) is 4.53. The molecule has 0 radical (unpaired) electrons. The number of likely N-dealkylation sites (tertiary alicyclic amines) is 2. The Kier molecular flexibility index (Phi) is 14.7. The highest BCUT2D eigenvalue weighted by Crippen LogP contribution is 2.33. The molecular formula is C37H62N8O4. The molecular weight excluding hydrogens is 620 g/mol. The van der Waals surface area contributed by atoms with Crippen LogP contribution in [0.25, 0.3) is 11.3 Å². The highest BCUT2D eigenvalue weighted by atomic mass is 16.6. The Morgan fingerprint density at radius 1 is 1.00 bits per heavy atom. The fourth-order valence-electron chi connectivity index (χ4n) is 6.82. The van der Waals surface area contributed by atoms with Crippen molar-refractivity contribution >= 4 is 17.6 Å². The van der Waals surface area contributed by atoms with Gasteiger partial charge in [0.25, 0.3) is 0 Å². The maximum absolute atomic E-state index is 11.5. The van der Waals surface area contributed by atoms with E-state index >= 15 is 0 Å². The Labute approximate surface area is 294 Å². The molecule has 0 spiro atoms. The number of fused-ring (bicyclic) bond motifs is 1. The Morgan fingerprint density at radius 2 is 1.67 bits per heavy atom. The monoisotopic (exact) mass is 682 g/mol. The first-order chi connectivity index (χ1) is 23.6. The van der Waals surface area contributed by atoms with E-state index in [1.165, 1.54) is 51.9 Å². The Morgan fingerprint density at radius 3 is 2.33 bits per heavy atom. The van der Waals surface area contributed by atoms with E-state index in [4.69, 9.17) is 9.47 Å². The first kappa shape index (κ1) is 38.6. The fourth-order valence-corrected chi connectivity index (χ4v) is 6.82. The quantitative estimate of drug-likeness (QED) is 0.437. The van der Waals surface area contributed by atoms with Gasteiger partial charge in [-0.3, -0.25) is 0 Å². The number of hydrogen-bond donors (Lipinski definition) is 2. The van der Waals surface area contributed by atoms with Crippen LogP contribution < -0.4 is 10.2 Å². The lowest BCUT2D eigenvalue weighted by atomic mass is 9.97. The molecule has 4 aliphatic rings. The maximum atomic E-state index is 11.5. The molecule has 2 aromatic rings. The predicted octanol–water partition coefficient (Wildman–Crippen LogP) is 4.85. The normalized spacial score (nSPS) is 19.6. The molecule has 0 saturated carbocycles. The summed E-state index contributed by atoms with van der Waals surface area (Å²) in [6.07, 6.45) is 4.94. The van der Waals surface area contributed by atoms with Crippen molar-refractivity contribution in [2.24, 2.45) is 0 Å². The Hall–Kier alpha value is -3.19. The summed E-state index contributed by atoms with van der Waals surface area (Å²) < 4.78 is 10.3. The summed E-state index contributed by atoms with van der Waals surface area (Å²) in [5.74, 6) is 1.07. The third-order valence-electron chi connectivity index (χ3n) is 9.68. The van der Waals surface area contributed by atoms with Gasteiger partial charge in [-0.2, -0.15) is 0 Å². The molecule has 12 nitrogen and oxygen atoms in total. The molecule has 49 heavy (non-hydrogen) atoms. The van der Waals surface area contributed by atoms with Crippen LogP contribution in [0, 0.1) is 0 Å². The summed E-state index contributed by atoms with van der Waals surface area (Å²) in [5.41, 5.74) is 2.09. The third kappa shape index (κ3) is 11.4. The van der Waals surface area contributed by atoms with Crippen molar-refractivity contribution in [3.63, 3.8) is 0 Å². The van der Waals surface area contributed by atoms with Crippen LogP contribution in [-0.2, 0) is 9.47 Å². The van der Waals surface area contributed by atoms with Gasteiger partial charge in [-0.1, -0.05) is 26.0 Å². The van der Waals surface area contributed by atoms with Gasteiger partial charge in [-0.25, -0.2) is 4.79 Å². The number of aromatic hydroxyl groups is 1. The predicted molar refractivity (Wildman–Crippen MR) is 198 cm³/mol. The molecule has 3 fully saturated rings. The van der Waals surface area contributed by atoms with E-state index in [0.29, 0.717) is 38.0 Å². The third-order valence-corrected chi connectivity index (χ3v) is 9.68. The molecule has 0 aliphatic carbocycles. The first-order valence-corrected chi connectivity index (χ1v) is 18.4. The molecule has 1 amide bonds. The number of nitrogens with zero attached hydrogens (tertiary/aromatic N) is 7. The molecule has 0 bridgehead atoms. The van der Waals surface area contributed by atoms with Crippen LogP contribution in [0.5, 0.6) is 5.75 Å². The molecule has 0 atom stereocenters. The van der Waals surface area contributed by atoms with Crippen molar-refractivity contribution in [3.05, 3.63) is 30.3 Å². The van der Waals surface area contributed by atoms with E-state index in [1.807, 2.05) is 52.8 Å². The summed E-state index contributed by atoms with van der Waals surface area (Å²) in [6, 6.07) is 10.8. The van der Waals surface area contributed by atoms with E-state index in [2.05, 4.69) is 55.3 Å². The zero-order chi connectivity index (χ0) is 35.4. The summed E-state index contributed by atoms with van der Waals surface area (Å²) in [5, 5.41) is 22.4. The van der Waals surface area contributed by atoms with Crippen molar-refractivity contribution in [2.75, 3.05) is 103 Å². The van der Waals surface area contributed by atoms with Crippen LogP contribution in [0.4, 0.5) is 16.3 Å². The van der Waals surface area contributed by atoms with E-state index in [9.17, 15) is 9.90 Å². The fraction of sp³-hybridized carbons (Fsp3) is 0.703. The van der Waals surface area contributed by atoms with Gasteiger partial charge >= 0.3 is 6.09 Å². The number of hydrogen-bond acceptors (Lipinski definition) is 11. The molecule has 12 heteroatoms. The van der Waals surface area contributed by atoms with Crippen molar-refractivity contribution < 1.29 is 19.4 Å². The van der Waals surface area contributed by atoms with Crippen LogP contribution in [0.3, 0.4) is 0 Å². The number of likely N-dealkylation sites (N-methyl/N-ethyl adjacent to an activating group) is 1. The number of ether oxygens (including phenoxy) is 2. The number of carbonyl (C=O) groups excluding carboxylic acids is 1. The highest BCUT2D eigenvalue weighted by Gasteiger charge is 2.29. The van der Waals surface area contributed by atoms with Crippen LogP contribution in [0.1, 0.15) is 60.3 Å². The van der Waals surface area contributed by atoms with Crippen molar-refractivity contribution in [1.82, 2.24) is 29.8 Å². The highest BCUT2D eigenvalue weighted by molar-refractivity contribution is 5.76. The average Bonchev–Trinajstić information content (AvgIpc) is 3.12. The average molecular weight is 683 g/mol. The summed E-state index contributed by atoms with van der Waals surface area (Å²) >= 11 is 0. The number of nitrogens with one attached hydrogen (secondary N) is 1. The number of phenolic OH excluding ortho intramolecular Hbond substituents is 1. The number of benzene rings is 1. The second-order valence-electron chi connectivity index (χ2n) is 14.3. The van der Waals surface area contributed by atoms with E-state index < -0.39 is 5.60 Å². The smallest absolute Gasteiger partial charge is 0.410 e. The van der Waals surface area contributed by atoms with Gasteiger partial charge in [-0.15, -0.1) is 10.2 Å². The lowest BCUT2D eigenvalue weighted by molar-refractivity contribution is -0.00677. The Bertz CT molecular complexity index is 1290. The zero-order valence-corrected chi connectivity index (χ0v) is 31.2. The molecule has 2 N–H and O–H groups in total. The van der Waals surface area contributed by atoms with Crippen molar-refractivity contribution in [2.45, 2.75) is 78.0 Å². The van der Waals surface area contributed by atoms with E-state index in [-0.39, 0.29) is 11.8 Å². The number of anilines is 2. The van der Waals surface area contributed by atoms with E-state index in [0.717, 1.165) is 49.3 Å². The van der Waals surface area contributed by atoms with Crippen LogP contribution >= 0.6 is 0 Å². The Balaban J connectivity index is 0.000000303. The molecule has 4 aliphatic heterocycles. The second-order valence-corrected chi connectivity index (χ2v) is 14.3.